The van der Waals surface area contributed by atoms with Crippen LogP contribution >= 0.6 is 0 Å². The van der Waals surface area contributed by atoms with Crippen LogP contribution in [0.15, 0.2) is 65.8 Å². The van der Waals surface area contributed by atoms with Crippen molar-refractivity contribution in [3.63, 3.8) is 0 Å². The number of nitrogens with one attached hydrogen (secondary N) is 1. The van der Waals surface area contributed by atoms with E-state index >= 15 is 0 Å². The lowest BCUT2D eigenvalue weighted by molar-refractivity contribution is -0.146. The Morgan fingerprint density at radius 1 is 0.976 bits per heavy atom. The minimum atomic E-state index is -4.21. The van der Waals surface area contributed by atoms with Crippen molar-refractivity contribution in [3.05, 3.63) is 72.1 Å². The molecular weight excluding hydrogens is 571 g/mol. The maximum atomic E-state index is 13.0. The van der Waals surface area contributed by atoms with E-state index in [-0.39, 0.29) is 16.7 Å². The van der Waals surface area contributed by atoms with Gasteiger partial charge in [0.05, 0.1) is 18.4 Å². The van der Waals surface area contributed by atoms with Crippen LogP contribution in [0.2, 0.25) is 0 Å². The Bertz CT molecular complexity index is 1650. The fourth-order valence-corrected chi connectivity index (χ4v) is 5.78. The molecule has 4 aromatic rings. The Kier molecular flexibility index (Phi) is 8.10. The average molecular weight is 602 g/mol. The van der Waals surface area contributed by atoms with E-state index in [4.69, 9.17) is 4.74 Å². The van der Waals surface area contributed by atoms with Crippen molar-refractivity contribution in [1.82, 2.24) is 24.6 Å². The van der Waals surface area contributed by atoms with Gasteiger partial charge in [0.25, 0.3) is 10.0 Å². The number of anilines is 2. The Morgan fingerprint density at radius 2 is 1.64 bits per heavy atom. The lowest BCUT2D eigenvalue weighted by Crippen LogP contribution is -2.49. The van der Waals surface area contributed by atoms with Crippen LogP contribution < -0.4 is 14.4 Å². The normalized spacial score (nSPS) is 14.7. The number of nitrogens with zero attached hydrogens (tertiary/aromatic N) is 6. The highest BCUT2D eigenvalue weighted by molar-refractivity contribution is 7.92. The van der Waals surface area contributed by atoms with E-state index in [0.29, 0.717) is 37.6 Å². The standard InChI is InChI=1S/C28H30F3N7O3S/c1-19-5-4-6-20(2)26(19)24-15-25(34-27(33-24)35-42(39,40)23-16-32-36(3)17-23)41-22-9-7-21(8-10-22)38-13-11-37(12-14-38)18-28(29,30)31/h4-10,15-17H,11-14,18H2,1-3H3,(H,33,34,35). The van der Waals surface area contributed by atoms with E-state index < -0.39 is 22.7 Å². The molecule has 0 radical (unpaired) electrons. The van der Waals surface area contributed by atoms with Crippen molar-refractivity contribution in [1.29, 1.82) is 0 Å². The van der Waals surface area contributed by atoms with Gasteiger partial charge in [-0.25, -0.2) is 18.1 Å². The molecule has 1 N–H and O–H groups in total. The number of aromatic nitrogens is 4. The maximum Gasteiger partial charge on any atom is 0.401 e. The molecule has 2 aromatic carbocycles. The molecule has 1 aliphatic heterocycles. The van der Waals surface area contributed by atoms with E-state index in [9.17, 15) is 21.6 Å². The first-order valence-corrected chi connectivity index (χ1v) is 14.6. The van der Waals surface area contributed by atoms with E-state index in [0.717, 1.165) is 22.4 Å². The molecule has 0 amide bonds. The van der Waals surface area contributed by atoms with Gasteiger partial charge in [-0.2, -0.15) is 23.3 Å². The second-order valence-corrected chi connectivity index (χ2v) is 11.8. The van der Waals surface area contributed by atoms with Crippen LogP contribution in [0.3, 0.4) is 0 Å². The molecule has 0 atom stereocenters. The summed E-state index contributed by atoms with van der Waals surface area (Å²) in [6.45, 7) is 4.55. The van der Waals surface area contributed by atoms with Gasteiger partial charge in [0.2, 0.25) is 11.8 Å². The lowest BCUT2D eigenvalue weighted by Gasteiger charge is -2.36. The van der Waals surface area contributed by atoms with Gasteiger partial charge in [-0.3, -0.25) is 9.58 Å². The van der Waals surface area contributed by atoms with Crippen LogP contribution in [0.1, 0.15) is 11.1 Å². The van der Waals surface area contributed by atoms with E-state index in [2.05, 4.69) is 19.8 Å². The number of benzene rings is 2. The predicted octanol–water partition coefficient (Wildman–Crippen LogP) is 4.77. The Morgan fingerprint density at radius 3 is 2.24 bits per heavy atom. The fraction of sp³-hybridized carbons (Fsp3) is 0.321. The summed E-state index contributed by atoms with van der Waals surface area (Å²) in [5.74, 6) is 0.407. The van der Waals surface area contributed by atoms with Gasteiger partial charge in [-0.15, -0.1) is 0 Å². The Balaban J connectivity index is 1.38. The second-order valence-electron chi connectivity index (χ2n) is 10.1. The van der Waals surface area contributed by atoms with Crippen LogP contribution in [0.4, 0.5) is 24.8 Å². The third-order valence-corrected chi connectivity index (χ3v) is 8.14. The highest BCUT2D eigenvalue weighted by Gasteiger charge is 2.32. The smallest absolute Gasteiger partial charge is 0.401 e. The number of halogens is 3. The van der Waals surface area contributed by atoms with Crippen molar-refractivity contribution in [3.8, 4) is 22.9 Å². The molecule has 10 nitrogen and oxygen atoms in total. The highest BCUT2D eigenvalue weighted by Crippen LogP contribution is 2.32. The van der Waals surface area contributed by atoms with Gasteiger partial charge in [0, 0.05) is 56.7 Å². The molecule has 3 heterocycles. The average Bonchev–Trinajstić information content (AvgIpc) is 3.36. The van der Waals surface area contributed by atoms with E-state index in [1.165, 1.54) is 22.0 Å². The first kappa shape index (κ1) is 29.3. The molecule has 5 rings (SSSR count). The number of ether oxygens (including phenoxy) is 1. The zero-order valence-corrected chi connectivity index (χ0v) is 24.1. The molecule has 0 aliphatic carbocycles. The molecule has 0 saturated carbocycles. The van der Waals surface area contributed by atoms with Crippen LogP contribution in [0.5, 0.6) is 11.6 Å². The SMILES string of the molecule is Cc1cccc(C)c1-c1cc(Oc2ccc(N3CCN(CC(F)(F)F)CC3)cc2)nc(NS(=O)(=O)c2cnn(C)c2)n1. The fourth-order valence-electron chi connectivity index (χ4n) is 4.85. The van der Waals surface area contributed by atoms with Crippen molar-refractivity contribution in [2.24, 2.45) is 7.05 Å². The molecule has 42 heavy (non-hydrogen) atoms. The number of sulfonamides is 1. The van der Waals surface area contributed by atoms with Crippen molar-refractivity contribution < 1.29 is 26.3 Å². The minimum absolute atomic E-state index is 0.0385. The first-order valence-electron chi connectivity index (χ1n) is 13.2. The monoisotopic (exact) mass is 601 g/mol. The van der Waals surface area contributed by atoms with Gasteiger partial charge >= 0.3 is 6.18 Å². The quantitative estimate of drug-likeness (QED) is 0.308. The highest BCUT2D eigenvalue weighted by atomic mass is 32.2. The lowest BCUT2D eigenvalue weighted by atomic mass is 10.00. The maximum absolute atomic E-state index is 13.0. The molecule has 1 aliphatic rings. The third-order valence-electron chi connectivity index (χ3n) is 6.86. The van der Waals surface area contributed by atoms with Crippen LogP contribution in [-0.4, -0.2) is 72.0 Å². The summed E-state index contributed by atoms with van der Waals surface area (Å²) in [5.41, 5.74) is 4.05. The molecule has 2 aromatic heterocycles. The van der Waals surface area contributed by atoms with E-state index in [1.54, 1.807) is 25.2 Å². The van der Waals surface area contributed by atoms with Crippen LogP contribution in [0.25, 0.3) is 11.3 Å². The summed E-state index contributed by atoms with van der Waals surface area (Å²) in [5, 5.41) is 3.93. The van der Waals surface area contributed by atoms with Crippen LogP contribution in [-0.2, 0) is 17.1 Å². The zero-order valence-electron chi connectivity index (χ0n) is 23.3. The van der Waals surface area contributed by atoms with Gasteiger partial charge in [-0.1, -0.05) is 18.2 Å². The summed E-state index contributed by atoms with van der Waals surface area (Å²) in [7, 11) is -2.41. The molecule has 0 unspecified atom stereocenters. The van der Waals surface area contributed by atoms with Gasteiger partial charge < -0.3 is 9.64 Å². The Hall–Kier alpha value is -4.17. The predicted molar refractivity (Wildman–Crippen MR) is 152 cm³/mol. The Labute approximate surface area is 241 Å². The third kappa shape index (κ3) is 6.99. The van der Waals surface area contributed by atoms with Gasteiger partial charge in [0.1, 0.15) is 10.6 Å². The zero-order chi connectivity index (χ0) is 30.1. The summed E-state index contributed by atoms with van der Waals surface area (Å²) in [4.78, 5) is 12.2. The van der Waals surface area contributed by atoms with E-state index in [1.807, 2.05) is 49.1 Å². The number of piperazine rings is 1. The number of hydrogen-bond acceptors (Lipinski definition) is 8. The van der Waals surface area contributed by atoms with Crippen LogP contribution in [0, 0.1) is 13.8 Å². The summed E-state index contributed by atoms with van der Waals surface area (Å²) in [6, 6.07) is 14.6. The summed E-state index contributed by atoms with van der Waals surface area (Å²) in [6.07, 6.45) is -1.61. The molecule has 0 bridgehead atoms. The molecule has 14 heteroatoms. The first-order chi connectivity index (χ1) is 19.9. The molecule has 1 saturated heterocycles. The largest absolute Gasteiger partial charge is 0.439 e. The van der Waals surface area contributed by atoms with Crippen molar-refractivity contribution >= 4 is 21.7 Å². The summed E-state index contributed by atoms with van der Waals surface area (Å²) < 4.78 is 74.0. The van der Waals surface area contributed by atoms with Crippen molar-refractivity contribution in [2.75, 3.05) is 42.3 Å². The second kappa shape index (κ2) is 11.6. The molecule has 1 fully saturated rings. The number of rotatable bonds is 8. The van der Waals surface area contributed by atoms with Crippen molar-refractivity contribution in [2.45, 2.75) is 24.9 Å². The minimum Gasteiger partial charge on any atom is -0.439 e. The number of alkyl halides is 3. The molecule has 0 spiro atoms. The number of hydrogen-bond donors (Lipinski definition) is 1. The van der Waals surface area contributed by atoms with Gasteiger partial charge in [0.15, 0.2) is 0 Å². The summed E-state index contributed by atoms with van der Waals surface area (Å²) >= 11 is 0. The number of aryl methyl sites for hydroxylation is 3. The molecular formula is C28H30F3N7O3S. The van der Waals surface area contributed by atoms with Gasteiger partial charge in [-0.05, 0) is 49.2 Å². The molecule has 222 valence electrons. The topological polar surface area (TPSA) is 105 Å².